The van der Waals surface area contributed by atoms with Crippen LogP contribution in [0.4, 0.5) is 17.1 Å². The fraction of sp³-hybridized carbons (Fsp3) is 0. The zero-order valence-electron chi connectivity index (χ0n) is 29.8. The third kappa shape index (κ3) is 5.43. The molecule has 2 heterocycles. The van der Waals surface area contributed by atoms with E-state index in [4.69, 9.17) is 0 Å². The third-order valence-electron chi connectivity index (χ3n) is 10.9. The number of fused-ring (bicyclic) bond motifs is 7. The molecule has 0 fully saturated rings. The molecule has 0 unspecified atom stereocenters. The Balaban J connectivity index is 1.12. The smallest absolute Gasteiger partial charge is 0.0640 e. The lowest BCUT2D eigenvalue weighted by atomic mass is 9.92. The highest BCUT2D eigenvalue weighted by Crippen LogP contribution is 2.47. The van der Waals surface area contributed by atoms with Crippen molar-refractivity contribution < 1.29 is 0 Å². The van der Waals surface area contributed by atoms with Crippen LogP contribution in [-0.2, 0) is 0 Å². The fourth-order valence-electron chi connectivity index (χ4n) is 8.28. The Hall–Kier alpha value is -6.52. The molecule has 0 radical (unpaired) electrons. The Labute approximate surface area is 327 Å². The summed E-state index contributed by atoms with van der Waals surface area (Å²) in [7, 11) is 0. The molecule has 11 rings (SSSR count). The van der Waals surface area contributed by atoms with Gasteiger partial charge >= 0.3 is 0 Å². The Kier molecular flexibility index (Phi) is 7.61. The number of hydrogen-bond donors (Lipinski definition) is 0. The minimum atomic E-state index is 1.12. The van der Waals surface area contributed by atoms with E-state index in [0.717, 1.165) is 11.4 Å². The predicted molar refractivity (Wildman–Crippen MR) is 241 cm³/mol. The molecule has 0 aliphatic rings. The summed E-state index contributed by atoms with van der Waals surface area (Å²) in [5, 5.41) is 7.73. The summed E-state index contributed by atoms with van der Waals surface area (Å²) in [4.78, 5) is 2.45. The first-order chi connectivity index (χ1) is 27.3. The molecule has 0 atom stereocenters. The predicted octanol–water partition coefficient (Wildman–Crippen LogP) is 16.0. The second-order valence-electron chi connectivity index (χ2n) is 14.1. The van der Waals surface area contributed by atoms with Gasteiger partial charge in [-0.1, -0.05) is 146 Å². The van der Waals surface area contributed by atoms with Gasteiger partial charge in [-0.15, -0.1) is 22.7 Å². The summed E-state index contributed by atoms with van der Waals surface area (Å²) in [5.74, 6) is 0. The molecule has 1 nitrogen and oxygen atoms in total. The normalized spacial score (nSPS) is 11.6. The van der Waals surface area contributed by atoms with Gasteiger partial charge in [-0.05, 0) is 98.8 Å². The average molecular weight is 736 g/mol. The zero-order valence-corrected chi connectivity index (χ0v) is 31.4. The molecule has 9 aromatic carbocycles. The Morgan fingerprint density at radius 1 is 0.309 bits per heavy atom. The maximum absolute atomic E-state index is 2.45. The highest BCUT2D eigenvalue weighted by atomic mass is 32.1. The molecule has 2 aromatic heterocycles. The minimum Gasteiger partial charge on any atom is -0.309 e. The highest BCUT2D eigenvalue weighted by molar-refractivity contribution is 7.26. The number of thiophene rings is 2. The molecule has 0 bridgehead atoms. The monoisotopic (exact) mass is 735 g/mol. The first-order valence-corrected chi connectivity index (χ1v) is 20.3. The van der Waals surface area contributed by atoms with Gasteiger partial charge in [-0.3, -0.25) is 0 Å². The van der Waals surface area contributed by atoms with Crippen LogP contribution < -0.4 is 4.90 Å². The van der Waals surface area contributed by atoms with Crippen LogP contribution in [0.15, 0.2) is 200 Å². The van der Waals surface area contributed by atoms with Crippen LogP contribution in [0.5, 0.6) is 0 Å². The lowest BCUT2D eigenvalue weighted by molar-refractivity contribution is 1.30. The molecule has 0 saturated carbocycles. The van der Waals surface area contributed by atoms with Crippen LogP contribution in [0.1, 0.15) is 0 Å². The molecule has 0 amide bonds. The van der Waals surface area contributed by atoms with E-state index in [-0.39, 0.29) is 0 Å². The summed E-state index contributed by atoms with van der Waals surface area (Å²) in [6, 6.07) is 73.5. The molecule has 0 saturated heterocycles. The molecule has 0 aliphatic heterocycles. The summed E-state index contributed by atoms with van der Waals surface area (Å²) in [5.41, 5.74) is 10.7. The second kappa shape index (κ2) is 13.1. The van der Waals surface area contributed by atoms with Crippen molar-refractivity contribution in [3.05, 3.63) is 200 Å². The number of rotatable bonds is 6. The first kappa shape index (κ1) is 32.0. The average Bonchev–Trinajstić information content (AvgIpc) is 3.83. The summed E-state index contributed by atoms with van der Waals surface area (Å²) in [6.07, 6.45) is 0. The molecule has 3 heteroatoms. The van der Waals surface area contributed by atoms with Gasteiger partial charge in [0.05, 0.1) is 10.4 Å². The van der Waals surface area contributed by atoms with Crippen molar-refractivity contribution in [1.82, 2.24) is 0 Å². The summed E-state index contributed by atoms with van der Waals surface area (Å²) < 4.78 is 5.22. The van der Waals surface area contributed by atoms with E-state index < -0.39 is 0 Å². The van der Waals surface area contributed by atoms with Gasteiger partial charge in [0.2, 0.25) is 0 Å². The van der Waals surface area contributed by atoms with Gasteiger partial charge in [-0.2, -0.15) is 0 Å². The van der Waals surface area contributed by atoms with E-state index >= 15 is 0 Å². The first-order valence-electron chi connectivity index (χ1n) is 18.7. The van der Waals surface area contributed by atoms with E-state index in [1.807, 2.05) is 22.7 Å². The third-order valence-corrected chi connectivity index (χ3v) is 13.2. The Morgan fingerprint density at radius 3 is 1.75 bits per heavy atom. The Bertz CT molecular complexity index is 3200. The van der Waals surface area contributed by atoms with Crippen LogP contribution in [-0.4, -0.2) is 0 Å². The SMILES string of the molecule is c1ccc(-c2cc(N(c3ccc(-c4cccc5ccccc45)cc3)c3cccc4c3sc3ccccc34)ccc2-c2ccc3sc4ccccc4c3c2)cc1. The zero-order chi connectivity index (χ0) is 36.3. The number of benzene rings is 9. The molecule has 11 aromatic rings. The van der Waals surface area contributed by atoms with Gasteiger partial charge in [-0.25, -0.2) is 0 Å². The number of nitrogens with zero attached hydrogens (tertiary/aromatic N) is 1. The number of anilines is 3. The van der Waals surface area contributed by atoms with Crippen molar-refractivity contribution in [2.45, 2.75) is 0 Å². The lowest BCUT2D eigenvalue weighted by Crippen LogP contribution is -2.10. The van der Waals surface area contributed by atoms with Crippen molar-refractivity contribution in [3.8, 4) is 33.4 Å². The standard InChI is InChI=1S/C52H33NS2/c1-2-12-35(13-3-1)46-33-39(29-30-42(46)37-26-31-51-47(32-37)44-18-7-8-22-49(44)54-51)53(48-21-11-20-45-43-17-6-9-23-50(43)55-52(45)48)38-27-24-36(25-28-38)41-19-10-15-34-14-4-5-16-40(34)41/h1-33H. The molecule has 258 valence electrons. The van der Waals surface area contributed by atoms with E-state index in [1.165, 1.54) is 90.2 Å². The van der Waals surface area contributed by atoms with Crippen molar-refractivity contribution in [1.29, 1.82) is 0 Å². The van der Waals surface area contributed by atoms with Gasteiger partial charge < -0.3 is 4.90 Å². The second-order valence-corrected chi connectivity index (χ2v) is 16.2. The minimum absolute atomic E-state index is 1.12. The molecular formula is C52H33NS2. The fourth-order valence-corrected chi connectivity index (χ4v) is 10.6. The van der Waals surface area contributed by atoms with Crippen LogP contribution in [0.2, 0.25) is 0 Å². The highest BCUT2D eigenvalue weighted by Gasteiger charge is 2.21. The lowest BCUT2D eigenvalue weighted by Gasteiger charge is -2.27. The van der Waals surface area contributed by atoms with Gasteiger partial charge in [0.1, 0.15) is 0 Å². The van der Waals surface area contributed by atoms with Crippen molar-refractivity contribution in [2.75, 3.05) is 4.90 Å². The molecular weight excluding hydrogens is 703 g/mol. The van der Waals surface area contributed by atoms with Crippen molar-refractivity contribution in [2.24, 2.45) is 0 Å². The maximum atomic E-state index is 2.45. The molecule has 55 heavy (non-hydrogen) atoms. The van der Waals surface area contributed by atoms with E-state index in [1.54, 1.807) is 0 Å². The Morgan fingerprint density at radius 2 is 0.909 bits per heavy atom. The van der Waals surface area contributed by atoms with Crippen LogP contribution in [0.3, 0.4) is 0 Å². The van der Waals surface area contributed by atoms with E-state index in [9.17, 15) is 0 Å². The maximum Gasteiger partial charge on any atom is 0.0640 e. The van der Waals surface area contributed by atoms with Crippen LogP contribution >= 0.6 is 22.7 Å². The largest absolute Gasteiger partial charge is 0.309 e. The molecule has 0 spiro atoms. The van der Waals surface area contributed by atoms with E-state index in [2.05, 4.69) is 205 Å². The van der Waals surface area contributed by atoms with Gasteiger partial charge in [0, 0.05) is 47.0 Å². The van der Waals surface area contributed by atoms with Gasteiger partial charge in [0.25, 0.3) is 0 Å². The molecule has 0 N–H and O–H groups in total. The van der Waals surface area contributed by atoms with Crippen LogP contribution in [0.25, 0.3) is 84.5 Å². The molecule has 0 aliphatic carbocycles. The van der Waals surface area contributed by atoms with Crippen molar-refractivity contribution in [3.63, 3.8) is 0 Å². The van der Waals surface area contributed by atoms with Crippen molar-refractivity contribution >= 4 is 90.9 Å². The summed E-state index contributed by atoms with van der Waals surface area (Å²) in [6.45, 7) is 0. The van der Waals surface area contributed by atoms with Gasteiger partial charge in [0.15, 0.2) is 0 Å². The van der Waals surface area contributed by atoms with E-state index in [0.29, 0.717) is 0 Å². The number of hydrogen-bond acceptors (Lipinski definition) is 3. The quantitative estimate of drug-likeness (QED) is 0.164. The topological polar surface area (TPSA) is 3.24 Å². The summed E-state index contributed by atoms with van der Waals surface area (Å²) >= 11 is 3.73. The van der Waals surface area contributed by atoms with Crippen LogP contribution in [0, 0.1) is 0 Å².